The molecule has 4 aromatic rings. The van der Waals surface area contributed by atoms with E-state index >= 15 is 0 Å². The molecule has 4 rings (SSSR count). The molecule has 0 atom stereocenters. The number of fused-ring (bicyclic) bond motifs is 1. The SMILES string of the molecule is COc1ccc(Oc2c(/C=C(/C(=O)[O-])c3ccncc3)sc3c(Cl)c(Cl)ccc23)cc1.[Na+]. The van der Waals surface area contributed by atoms with E-state index in [9.17, 15) is 9.90 Å². The van der Waals surface area contributed by atoms with Gasteiger partial charge < -0.3 is 19.4 Å². The molecule has 2 heterocycles. The number of hydrogen-bond acceptors (Lipinski definition) is 6. The zero-order valence-electron chi connectivity index (χ0n) is 17.1. The summed E-state index contributed by atoms with van der Waals surface area (Å²) in [6, 6.07) is 13.7. The van der Waals surface area contributed by atoms with E-state index < -0.39 is 5.97 Å². The second-order valence-electron chi connectivity index (χ2n) is 6.39. The molecular formula is C23H14Cl2NNaO4S. The van der Waals surface area contributed by atoms with Crippen LogP contribution in [-0.2, 0) is 4.79 Å². The third-order valence-corrected chi connectivity index (χ3v) is 6.56. The van der Waals surface area contributed by atoms with Gasteiger partial charge in [0.2, 0.25) is 0 Å². The summed E-state index contributed by atoms with van der Waals surface area (Å²) in [6.45, 7) is 0. The molecule has 0 spiro atoms. The molecule has 0 aliphatic heterocycles. The topological polar surface area (TPSA) is 71.5 Å². The summed E-state index contributed by atoms with van der Waals surface area (Å²) in [5, 5.41) is 13.4. The maximum absolute atomic E-state index is 11.9. The Morgan fingerprint density at radius 2 is 1.69 bits per heavy atom. The Balaban J connectivity index is 0.00000289. The minimum atomic E-state index is -1.32. The van der Waals surface area contributed by atoms with Crippen LogP contribution >= 0.6 is 34.5 Å². The molecule has 0 aliphatic rings. The quantitative estimate of drug-likeness (QED) is 0.305. The van der Waals surface area contributed by atoms with Crippen molar-refractivity contribution >= 4 is 62.2 Å². The number of aromatic nitrogens is 1. The first-order chi connectivity index (χ1) is 15.0. The van der Waals surface area contributed by atoms with E-state index in [0.29, 0.717) is 47.8 Å². The van der Waals surface area contributed by atoms with Crippen LogP contribution < -0.4 is 44.1 Å². The van der Waals surface area contributed by atoms with Crippen LogP contribution in [0.25, 0.3) is 21.7 Å². The standard InChI is InChI=1S/C23H15Cl2NO4S.Na/c1-29-14-2-4-15(5-3-14)30-21-16-6-7-18(24)20(25)22(16)31-19(21)12-17(23(27)28)13-8-10-26-11-9-13;/h2-12H,1H3,(H,27,28);/q;+1/p-1/b17-12+;. The number of pyridine rings is 1. The van der Waals surface area contributed by atoms with E-state index in [4.69, 9.17) is 32.7 Å². The Morgan fingerprint density at radius 1 is 1.03 bits per heavy atom. The summed E-state index contributed by atoms with van der Waals surface area (Å²) in [5.74, 6) is 0.397. The third-order valence-electron chi connectivity index (χ3n) is 4.50. The number of carboxylic acid groups (broad SMARTS) is 1. The normalized spacial score (nSPS) is 11.2. The number of carboxylic acids is 1. The number of carbonyl (C=O) groups excluding carboxylic acids is 1. The average molecular weight is 494 g/mol. The number of rotatable bonds is 6. The zero-order valence-corrected chi connectivity index (χ0v) is 21.4. The predicted octanol–water partition coefficient (Wildman–Crippen LogP) is 2.70. The van der Waals surface area contributed by atoms with Crippen LogP contribution in [0, 0.1) is 0 Å². The van der Waals surface area contributed by atoms with Crippen LogP contribution in [-0.4, -0.2) is 18.1 Å². The number of methoxy groups -OCH3 is 1. The van der Waals surface area contributed by atoms with Gasteiger partial charge in [-0.15, -0.1) is 11.3 Å². The Hall–Kier alpha value is -2.06. The van der Waals surface area contributed by atoms with Crippen LogP contribution in [0.5, 0.6) is 17.2 Å². The fraction of sp³-hybridized carbons (Fsp3) is 0.0435. The van der Waals surface area contributed by atoms with Gasteiger partial charge in [-0.05, 0) is 60.2 Å². The first-order valence-corrected chi connectivity index (χ1v) is 10.6. The van der Waals surface area contributed by atoms with Gasteiger partial charge in [-0.2, -0.15) is 0 Å². The van der Waals surface area contributed by atoms with Crippen molar-refractivity contribution < 1.29 is 48.9 Å². The monoisotopic (exact) mass is 493 g/mol. The molecule has 0 saturated carbocycles. The molecule has 2 aromatic heterocycles. The van der Waals surface area contributed by atoms with E-state index in [0.717, 1.165) is 0 Å². The molecule has 0 aliphatic carbocycles. The van der Waals surface area contributed by atoms with Crippen LogP contribution in [0.3, 0.4) is 0 Å². The maximum Gasteiger partial charge on any atom is 1.00 e. The minimum Gasteiger partial charge on any atom is -0.545 e. The van der Waals surface area contributed by atoms with Crippen molar-refractivity contribution in [3.8, 4) is 17.2 Å². The largest absolute Gasteiger partial charge is 1.00 e. The molecule has 5 nitrogen and oxygen atoms in total. The molecule has 0 radical (unpaired) electrons. The summed E-state index contributed by atoms with van der Waals surface area (Å²) >= 11 is 13.9. The summed E-state index contributed by atoms with van der Waals surface area (Å²) in [7, 11) is 1.58. The molecule has 0 N–H and O–H groups in total. The molecule has 0 saturated heterocycles. The number of hydrogen-bond donors (Lipinski definition) is 0. The van der Waals surface area contributed by atoms with Crippen molar-refractivity contribution in [2.24, 2.45) is 0 Å². The van der Waals surface area contributed by atoms with Crippen molar-refractivity contribution in [1.29, 1.82) is 0 Å². The van der Waals surface area contributed by atoms with Gasteiger partial charge in [0.1, 0.15) is 11.5 Å². The molecule has 2 aromatic carbocycles. The fourth-order valence-corrected chi connectivity index (χ4v) is 4.59. The van der Waals surface area contributed by atoms with E-state index in [1.54, 1.807) is 55.6 Å². The number of ether oxygens (including phenoxy) is 2. The molecule has 0 fully saturated rings. The predicted molar refractivity (Wildman–Crippen MR) is 122 cm³/mol. The van der Waals surface area contributed by atoms with E-state index in [1.807, 2.05) is 0 Å². The smallest absolute Gasteiger partial charge is 0.545 e. The first-order valence-electron chi connectivity index (χ1n) is 9.03. The molecule has 9 heteroatoms. The molecule has 0 amide bonds. The summed E-state index contributed by atoms with van der Waals surface area (Å²) < 4.78 is 12.0. The average Bonchev–Trinajstić information content (AvgIpc) is 3.13. The van der Waals surface area contributed by atoms with Crippen molar-refractivity contribution in [1.82, 2.24) is 4.98 Å². The third kappa shape index (κ3) is 5.12. The maximum atomic E-state index is 11.9. The second-order valence-corrected chi connectivity index (χ2v) is 8.23. The molecule has 156 valence electrons. The van der Waals surface area contributed by atoms with Gasteiger partial charge in [-0.3, -0.25) is 4.98 Å². The first kappa shape index (κ1) is 24.6. The van der Waals surface area contributed by atoms with Crippen molar-refractivity contribution in [2.75, 3.05) is 7.11 Å². The van der Waals surface area contributed by atoms with Gasteiger partial charge in [-0.1, -0.05) is 23.2 Å². The van der Waals surface area contributed by atoms with Crippen molar-refractivity contribution in [2.45, 2.75) is 0 Å². The van der Waals surface area contributed by atoms with Crippen LogP contribution in [0.1, 0.15) is 10.4 Å². The number of aliphatic carboxylic acids is 1. The number of carbonyl (C=O) groups is 1. The van der Waals surface area contributed by atoms with Gasteiger partial charge in [0, 0.05) is 23.4 Å². The van der Waals surface area contributed by atoms with E-state index in [1.165, 1.54) is 29.8 Å². The molecule has 0 unspecified atom stereocenters. The Morgan fingerprint density at radius 3 is 2.31 bits per heavy atom. The van der Waals surface area contributed by atoms with E-state index in [-0.39, 0.29) is 35.1 Å². The Labute approximate surface area is 220 Å². The number of benzene rings is 2. The molecule has 0 bridgehead atoms. The van der Waals surface area contributed by atoms with Gasteiger partial charge in [0.05, 0.1) is 32.7 Å². The van der Waals surface area contributed by atoms with Gasteiger partial charge >= 0.3 is 29.6 Å². The number of halogens is 2. The molecular weight excluding hydrogens is 480 g/mol. The Kier molecular flexibility index (Phi) is 8.22. The zero-order chi connectivity index (χ0) is 22.0. The second kappa shape index (κ2) is 10.7. The molecule has 32 heavy (non-hydrogen) atoms. The number of thiophene rings is 1. The van der Waals surface area contributed by atoms with Crippen molar-refractivity contribution in [3.63, 3.8) is 0 Å². The van der Waals surface area contributed by atoms with E-state index in [2.05, 4.69) is 4.98 Å². The Bertz CT molecular complexity index is 1290. The van der Waals surface area contributed by atoms with Crippen LogP contribution in [0.4, 0.5) is 0 Å². The van der Waals surface area contributed by atoms with Crippen LogP contribution in [0.15, 0.2) is 60.9 Å². The minimum absolute atomic E-state index is 0. The van der Waals surface area contributed by atoms with Gasteiger partial charge in [0.15, 0.2) is 5.75 Å². The summed E-state index contributed by atoms with van der Waals surface area (Å²) in [5.41, 5.74) is 0.461. The van der Waals surface area contributed by atoms with Gasteiger partial charge in [0.25, 0.3) is 0 Å². The van der Waals surface area contributed by atoms with Gasteiger partial charge in [-0.25, -0.2) is 0 Å². The summed E-state index contributed by atoms with van der Waals surface area (Å²) in [6.07, 6.45) is 4.54. The van der Waals surface area contributed by atoms with Crippen LogP contribution in [0.2, 0.25) is 10.0 Å². The summed E-state index contributed by atoms with van der Waals surface area (Å²) in [4.78, 5) is 16.4. The fourth-order valence-electron chi connectivity index (χ4n) is 2.98. The number of nitrogens with zero attached hydrogens (tertiary/aromatic N) is 1. The van der Waals surface area contributed by atoms with Crippen molar-refractivity contribution in [3.05, 3.63) is 81.4 Å².